The largest absolute Gasteiger partial charge is 1.00 e. The summed E-state index contributed by atoms with van der Waals surface area (Å²) in [5.41, 5.74) is 0.661. The minimum Gasteiger partial charge on any atom is -0.871 e. The molecule has 1 aromatic heterocycles. The number of nitrogens with zero attached hydrogens (tertiary/aromatic N) is 1. The van der Waals surface area contributed by atoms with Gasteiger partial charge in [-0.25, -0.2) is 0 Å². The zero-order valence-corrected chi connectivity index (χ0v) is 13.0. The van der Waals surface area contributed by atoms with Crippen LogP contribution in [-0.2, 0) is 21.5 Å². The normalized spacial score (nSPS) is 11.0. The number of aliphatic hydroxyl groups is 1. The number of pyridine rings is 1. The van der Waals surface area contributed by atoms with E-state index in [4.69, 9.17) is 9.66 Å². The van der Waals surface area contributed by atoms with Crippen LogP contribution in [0, 0.1) is 6.92 Å². The molecule has 0 aliphatic rings. The molecular formula is C8H10NNaO5S2. The van der Waals surface area contributed by atoms with Crippen LogP contribution in [0.25, 0.3) is 0 Å². The Balaban J connectivity index is 0.00000256. The topological polar surface area (TPSA) is 111 Å². The molecule has 2 N–H and O–H groups in total. The molecule has 17 heavy (non-hydrogen) atoms. The Kier molecular flexibility index (Phi) is 7.00. The standard InChI is InChI=1S/C8H11NO5S2.Na/c1-5-8(11)7(3-10)6(2-9-5)4-15-16(12,13)14;/h2,10-11H,3-4H2,1H3,(H,12,13,14);/q;+1/p-1. The van der Waals surface area contributed by atoms with E-state index in [-0.39, 0.29) is 57.4 Å². The molecule has 0 saturated carbocycles. The Hall–Kier alpha value is 0.170. The maximum absolute atomic E-state index is 11.5. The second-order valence-corrected chi connectivity index (χ2v) is 6.38. The van der Waals surface area contributed by atoms with Gasteiger partial charge in [-0.15, -0.1) is 0 Å². The first kappa shape index (κ1) is 17.2. The average Bonchev–Trinajstić information content (AvgIpc) is 2.18. The van der Waals surface area contributed by atoms with Crippen molar-refractivity contribution in [2.24, 2.45) is 0 Å². The zero-order valence-electron chi connectivity index (χ0n) is 9.37. The number of rotatable bonds is 4. The van der Waals surface area contributed by atoms with Crippen molar-refractivity contribution in [1.82, 2.24) is 4.98 Å². The second-order valence-electron chi connectivity index (χ2n) is 3.02. The van der Waals surface area contributed by atoms with Crippen molar-refractivity contribution in [2.75, 3.05) is 0 Å². The van der Waals surface area contributed by atoms with E-state index in [1.807, 2.05) is 0 Å². The van der Waals surface area contributed by atoms with Crippen molar-refractivity contribution in [3.8, 4) is 5.75 Å². The minimum atomic E-state index is -4.17. The van der Waals surface area contributed by atoms with E-state index in [2.05, 4.69) is 4.98 Å². The number of aromatic nitrogens is 1. The van der Waals surface area contributed by atoms with Gasteiger partial charge in [0.05, 0.1) is 6.61 Å². The Morgan fingerprint density at radius 2 is 2.12 bits per heavy atom. The fraction of sp³-hybridized carbons (Fsp3) is 0.375. The molecule has 0 saturated heterocycles. The molecule has 0 aliphatic carbocycles. The van der Waals surface area contributed by atoms with Gasteiger partial charge in [0, 0.05) is 28.4 Å². The molecule has 6 nitrogen and oxygen atoms in total. The molecule has 0 bridgehead atoms. The Bertz CT molecular complexity index is 491. The molecule has 0 unspecified atom stereocenters. The third-order valence-corrected chi connectivity index (χ3v) is 3.90. The van der Waals surface area contributed by atoms with Crippen LogP contribution in [0.15, 0.2) is 6.20 Å². The Labute approximate surface area is 125 Å². The van der Waals surface area contributed by atoms with Crippen molar-refractivity contribution < 1.29 is 52.7 Å². The molecule has 0 amide bonds. The quantitative estimate of drug-likeness (QED) is 0.345. The summed E-state index contributed by atoms with van der Waals surface area (Å²) < 4.78 is 29.6. The fourth-order valence-corrected chi connectivity index (χ4v) is 2.46. The van der Waals surface area contributed by atoms with Crippen LogP contribution in [0.4, 0.5) is 0 Å². The van der Waals surface area contributed by atoms with E-state index in [0.717, 1.165) is 0 Å². The van der Waals surface area contributed by atoms with Gasteiger partial charge in [0.15, 0.2) is 0 Å². The van der Waals surface area contributed by atoms with Crippen molar-refractivity contribution in [3.05, 3.63) is 23.0 Å². The van der Waals surface area contributed by atoms with Crippen molar-refractivity contribution >= 4 is 19.9 Å². The molecule has 0 radical (unpaired) electrons. The van der Waals surface area contributed by atoms with E-state index in [9.17, 15) is 13.5 Å². The summed E-state index contributed by atoms with van der Waals surface area (Å²) in [7, 11) is -3.90. The summed E-state index contributed by atoms with van der Waals surface area (Å²) >= 11 is 0. The van der Waals surface area contributed by atoms with Gasteiger partial charge < -0.3 is 10.2 Å². The first-order valence-corrected chi connectivity index (χ1v) is 7.16. The van der Waals surface area contributed by atoms with Crippen molar-refractivity contribution in [3.63, 3.8) is 0 Å². The summed E-state index contributed by atoms with van der Waals surface area (Å²) in [4.78, 5) is 3.77. The number of hydrogen-bond donors (Lipinski definition) is 2. The number of aliphatic hydroxyl groups excluding tert-OH is 1. The smallest absolute Gasteiger partial charge is 0.871 e. The molecule has 1 aromatic rings. The molecule has 0 fully saturated rings. The Morgan fingerprint density at radius 3 is 2.59 bits per heavy atom. The van der Waals surface area contributed by atoms with Gasteiger partial charge in [0.2, 0.25) is 0 Å². The summed E-state index contributed by atoms with van der Waals surface area (Å²) in [6, 6.07) is 0. The monoisotopic (exact) mass is 287 g/mol. The maximum atomic E-state index is 11.5. The number of aryl methyl sites for hydroxylation is 1. The third kappa shape index (κ3) is 5.12. The van der Waals surface area contributed by atoms with Crippen LogP contribution >= 0.6 is 10.8 Å². The van der Waals surface area contributed by atoms with Gasteiger partial charge >= 0.3 is 38.7 Å². The van der Waals surface area contributed by atoms with Gasteiger partial charge in [-0.3, -0.25) is 9.54 Å². The first-order chi connectivity index (χ1) is 7.35. The van der Waals surface area contributed by atoms with E-state index >= 15 is 0 Å². The molecule has 1 heterocycles. The van der Waals surface area contributed by atoms with E-state index in [0.29, 0.717) is 5.56 Å². The first-order valence-electron chi connectivity index (χ1n) is 4.22. The predicted molar refractivity (Wildman–Crippen MR) is 57.2 cm³/mol. The van der Waals surface area contributed by atoms with Gasteiger partial charge in [-0.05, 0) is 18.1 Å². The summed E-state index contributed by atoms with van der Waals surface area (Å²) in [6.45, 7) is 1.02. The van der Waals surface area contributed by atoms with Gasteiger partial charge in [0.1, 0.15) is 0 Å². The van der Waals surface area contributed by atoms with Crippen molar-refractivity contribution in [1.29, 1.82) is 0 Å². The van der Waals surface area contributed by atoms with Crippen LogP contribution in [-0.4, -0.2) is 23.1 Å². The Morgan fingerprint density at radius 1 is 1.53 bits per heavy atom. The fourth-order valence-electron chi connectivity index (χ4n) is 1.11. The molecule has 1 rings (SSSR count). The SMILES string of the molecule is Cc1ncc(CSS(=O)(=O)O)c(CO)c1[O-].[Na+]. The van der Waals surface area contributed by atoms with Gasteiger partial charge in [-0.1, -0.05) is 5.75 Å². The minimum absolute atomic E-state index is 0. The predicted octanol–water partition coefficient (Wildman–Crippen LogP) is -3.00. The van der Waals surface area contributed by atoms with Gasteiger partial charge in [0.25, 0.3) is 0 Å². The molecule has 90 valence electrons. The molecule has 0 aliphatic heterocycles. The molecule has 0 aromatic carbocycles. The average molecular weight is 287 g/mol. The number of hydrogen-bond acceptors (Lipinski definition) is 6. The van der Waals surface area contributed by atoms with Crippen LogP contribution in [0.1, 0.15) is 16.8 Å². The molecular weight excluding hydrogens is 277 g/mol. The maximum Gasteiger partial charge on any atom is 1.00 e. The summed E-state index contributed by atoms with van der Waals surface area (Å²) in [5.74, 6) is -0.534. The van der Waals surface area contributed by atoms with Crippen LogP contribution in [0.2, 0.25) is 0 Å². The van der Waals surface area contributed by atoms with Crippen LogP contribution < -0.4 is 34.7 Å². The molecule has 9 heteroatoms. The third-order valence-electron chi connectivity index (χ3n) is 1.93. The summed E-state index contributed by atoms with van der Waals surface area (Å²) in [5, 5.41) is 20.5. The second kappa shape index (κ2) is 6.93. The van der Waals surface area contributed by atoms with Crippen LogP contribution in [0.5, 0.6) is 5.75 Å². The van der Waals surface area contributed by atoms with Crippen LogP contribution in [0.3, 0.4) is 0 Å². The zero-order chi connectivity index (χ0) is 12.3. The van der Waals surface area contributed by atoms with E-state index in [1.54, 1.807) is 0 Å². The van der Waals surface area contributed by atoms with Gasteiger partial charge in [-0.2, -0.15) is 8.42 Å². The molecule has 0 spiro atoms. The molecule has 0 atom stereocenters. The van der Waals surface area contributed by atoms with Crippen molar-refractivity contribution in [2.45, 2.75) is 19.3 Å². The summed E-state index contributed by atoms with van der Waals surface area (Å²) in [6.07, 6.45) is 1.32. The van der Waals surface area contributed by atoms with E-state index in [1.165, 1.54) is 13.1 Å². The van der Waals surface area contributed by atoms with E-state index < -0.39 is 21.5 Å².